The molecular weight excluding hydrogens is 321 g/mol. The van der Waals surface area contributed by atoms with Crippen molar-refractivity contribution in [2.24, 2.45) is 7.05 Å². The number of aryl methyl sites for hydroxylation is 1. The second-order valence-electron chi connectivity index (χ2n) is 6.78. The second kappa shape index (κ2) is 6.59. The average molecular weight is 343 g/mol. The van der Waals surface area contributed by atoms with Crippen LogP contribution in [-0.2, 0) is 24.8 Å². The maximum Gasteiger partial charge on any atom is 0.256 e. The van der Waals surface area contributed by atoms with Crippen molar-refractivity contribution in [2.75, 3.05) is 19.7 Å². The highest BCUT2D eigenvalue weighted by molar-refractivity contribution is 5.94. The lowest BCUT2D eigenvalue weighted by molar-refractivity contribution is 0.0705. The highest BCUT2D eigenvalue weighted by atomic mass is 19.1. The molecule has 2 aromatic rings. The second-order valence-corrected chi connectivity index (χ2v) is 6.78. The number of hydrogen-bond acceptors (Lipinski definition) is 3. The molecule has 132 valence electrons. The Morgan fingerprint density at radius 3 is 2.80 bits per heavy atom. The van der Waals surface area contributed by atoms with Crippen LogP contribution in [0.3, 0.4) is 0 Å². The lowest BCUT2D eigenvalue weighted by atomic mass is 9.90. The molecule has 0 unspecified atom stereocenters. The van der Waals surface area contributed by atoms with Crippen LogP contribution in [-0.4, -0.2) is 40.3 Å². The smallest absolute Gasteiger partial charge is 0.256 e. The number of halogens is 1. The first-order chi connectivity index (χ1) is 12.1. The van der Waals surface area contributed by atoms with E-state index in [0.29, 0.717) is 25.6 Å². The molecule has 6 heteroatoms. The summed E-state index contributed by atoms with van der Waals surface area (Å²) in [4.78, 5) is 14.3. The van der Waals surface area contributed by atoms with Crippen molar-refractivity contribution < 1.29 is 13.9 Å². The van der Waals surface area contributed by atoms with Crippen LogP contribution in [0.4, 0.5) is 4.39 Å². The van der Waals surface area contributed by atoms with Gasteiger partial charge in [0.05, 0.1) is 24.5 Å². The summed E-state index contributed by atoms with van der Waals surface area (Å²) in [7, 11) is 1.99. The van der Waals surface area contributed by atoms with Gasteiger partial charge >= 0.3 is 0 Å². The fraction of sp³-hybridized carbons (Fsp3) is 0.474. The van der Waals surface area contributed by atoms with Gasteiger partial charge in [-0.3, -0.25) is 9.48 Å². The standard InChI is InChI=1S/C19H22FN3O2/c1-22-17-8-11-25-12-15(17)18(21-22)13-6-9-23(10-7-13)19(24)14-4-2-3-5-16(14)20/h2-5,13H,6-12H2,1H3. The van der Waals surface area contributed by atoms with Crippen molar-refractivity contribution in [1.82, 2.24) is 14.7 Å². The Morgan fingerprint density at radius 2 is 2.04 bits per heavy atom. The fourth-order valence-corrected chi connectivity index (χ4v) is 3.93. The van der Waals surface area contributed by atoms with Crippen LogP contribution >= 0.6 is 0 Å². The Bertz CT molecular complexity index is 794. The topological polar surface area (TPSA) is 47.4 Å². The number of rotatable bonds is 2. The van der Waals surface area contributed by atoms with Gasteiger partial charge in [-0.1, -0.05) is 12.1 Å². The zero-order chi connectivity index (χ0) is 17.4. The van der Waals surface area contributed by atoms with E-state index in [9.17, 15) is 9.18 Å². The third kappa shape index (κ3) is 2.95. The van der Waals surface area contributed by atoms with E-state index < -0.39 is 5.82 Å². The van der Waals surface area contributed by atoms with E-state index >= 15 is 0 Å². The molecule has 2 aliphatic rings. The van der Waals surface area contributed by atoms with Crippen LogP contribution in [0.2, 0.25) is 0 Å². The highest BCUT2D eigenvalue weighted by Gasteiger charge is 2.30. The van der Waals surface area contributed by atoms with Crippen LogP contribution in [0.15, 0.2) is 24.3 Å². The molecule has 0 radical (unpaired) electrons. The van der Waals surface area contributed by atoms with Gasteiger partial charge in [-0.2, -0.15) is 5.10 Å². The van der Waals surface area contributed by atoms with Crippen LogP contribution in [0.1, 0.15) is 46.1 Å². The summed E-state index contributed by atoms with van der Waals surface area (Å²) in [5, 5.41) is 4.73. The van der Waals surface area contributed by atoms with Crippen molar-refractivity contribution >= 4 is 5.91 Å². The number of amides is 1. The summed E-state index contributed by atoms with van der Waals surface area (Å²) in [6.45, 7) is 2.64. The predicted octanol–water partition coefficient (Wildman–Crippen LogP) is 2.65. The maximum atomic E-state index is 13.9. The number of nitrogens with zero attached hydrogens (tertiary/aromatic N) is 3. The first-order valence-electron chi connectivity index (χ1n) is 8.81. The molecule has 1 aromatic carbocycles. The normalized spacial score (nSPS) is 18.2. The summed E-state index contributed by atoms with van der Waals surface area (Å²) in [6.07, 6.45) is 2.61. The summed E-state index contributed by atoms with van der Waals surface area (Å²) >= 11 is 0. The largest absolute Gasteiger partial charge is 0.376 e. The Morgan fingerprint density at radius 1 is 1.28 bits per heavy atom. The van der Waals surface area contributed by atoms with E-state index in [1.54, 1.807) is 23.1 Å². The van der Waals surface area contributed by atoms with E-state index in [1.807, 2.05) is 11.7 Å². The number of aromatic nitrogens is 2. The van der Waals surface area contributed by atoms with E-state index in [-0.39, 0.29) is 11.5 Å². The van der Waals surface area contributed by atoms with Gasteiger partial charge in [0.25, 0.3) is 5.91 Å². The maximum absolute atomic E-state index is 13.9. The van der Waals surface area contributed by atoms with Gasteiger partial charge in [0.1, 0.15) is 5.82 Å². The average Bonchev–Trinajstić information content (AvgIpc) is 2.99. The van der Waals surface area contributed by atoms with E-state index in [2.05, 4.69) is 0 Å². The molecule has 0 aliphatic carbocycles. The molecule has 1 fully saturated rings. The molecule has 1 aromatic heterocycles. The lowest BCUT2D eigenvalue weighted by Gasteiger charge is -2.32. The number of likely N-dealkylation sites (tertiary alicyclic amines) is 1. The first-order valence-corrected chi connectivity index (χ1v) is 8.81. The van der Waals surface area contributed by atoms with Crippen LogP contribution in [0, 0.1) is 5.82 Å². The van der Waals surface area contributed by atoms with Crippen LogP contribution in [0.25, 0.3) is 0 Å². The lowest BCUT2D eigenvalue weighted by Crippen LogP contribution is -2.38. The molecule has 0 spiro atoms. The summed E-state index contributed by atoms with van der Waals surface area (Å²) in [5.41, 5.74) is 3.78. The van der Waals surface area contributed by atoms with Crippen molar-refractivity contribution in [3.63, 3.8) is 0 Å². The number of fused-ring (bicyclic) bond motifs is 1. The molecule has 0 saturated carbocycles. The zero-order valence-corrected chi connectivity index (χ0v) is 14.4. The quantitative estimate of drug-likeness (QED) is 0.842. The Kier molecular flexibility index (Phi) is 4.29. The molecule has 2 aliphatic heterocycles. The molecule has 25 heavy (non-hydrogen) atoms. The zero-order valence-electron chi connectivity index (χ0n) is 14.4. The van der Waals surface area contributed by atoms with Crippen molar-refractivity contribution in [3.05, 3.63) is 52.6 Å². The number of ether oxygens (including phenoxy) is 1. The SMILES string of the molecule is Cn1nc(C2CCN(C(=O)c3ccccc3F)CC2)c2c1CCOC2. The molecule has 1 saturated heterocycles. The summed E-state index contributed by atoms with van der Waals surface area (Å²) in [6, 6.07) is 6.18. The van der Waals surface area contributed by atoms with E-state index in [0.717, 1.165) is 31.6 Å². The van der Waals surface area contributed by atoms with Gasteiger partial charge in [-0.15, -0.1) is 0 Å². The molecule has 0 atom stereocenters. The Hall–Kier alpha value is -2.21. The minimum Gasteiger partial charge on any atom is -0.376 e. The third-order valence-electron chi connectivity index (χ3n) is 5.31. The summed E-state index contributed by atoms with van der Waals surface area (Å²) in [5.74, 6) is -0.338. The van der Waals surface area contributed by atoms with E-state index in [1.165, 1.54) is 17.3 Å². The molecular formula is C19H22FN3O2. The molecule has 0 N–H and O–H groups in total. The number of piperidine rings is 1. The van der Waals surface area contributed by atoms with Gasteiger partial charge in [0.2, 0.25) is 0 Å². The van der Waals surface area contributed by atoms with Gasteiger partial charge < -0.3 is 9.64 Å². The van der Waals surface area contributed by atoms with Gasteiger partial charge in [-0.05, 0) is 25.0 Å². The Labute approximate surface area is 146 Å². The van der Waals surface area contributed by atoms with Crippen LogP contribution < -0.4 is 0 Å². The number of benzene rings is 1. The van der Waals surface area contributed by atoms with Gasteiger partial charge in [-0.25, -0.2) is 4.39 Å². The number of hydrogen-bond donors (Lipinski definition) is 0. The van der Waals surface area contributed by atoms with Gasteiger partial charge in [0, 0.05) is 43.7 Å². The van der Waals surface area contributed by atoms with Crippen molar-refractivity contribution in [2.45, 2.75) is 31.8 Å². The monoisotopic (exact) mass is 343 g/mol. The predicted molar refractivity (Wildman–Crippen MR) is 90.8 cm³/mol. The molecule has 1 amide bonds. The number of carbonyl (C=O) groups excluding carboxylic acids is 1. The minimum absolute atomic E-state index is 0.157. The van der Waals surface area contributed by atoms with E-state index in [4.69, 9.17) is 9.84 Å². The van der Waals surface area contributed by atoms with Crippen molar-refractivity contribution in [1.29, 1.82) is 0 Å². The van der Waals surface area contributed by atoms with Crippen molar-refractivity contribution in [3.8, 4) is 0 Å². The third-order valence-corrected chi connectivity index (χ3v) is 5.31. The fourth-order valence-electron chi connectivity index (χ4n) is 3.93. The molecule has 3 heterocycles. The van der Waals surface area contributed by atoms with Crippen LogP contribution in [0.5, 0.6) is 0 Å². The molecule has 0 bridgehead atoms. The highest BCUT2D eigenvalue weighted by Crippen LogP contribution is 2.33. The molecule has 5 nitrogen and oxygen atoms in total. The number of carbonyl (C=O) groups is 1. The Balaban J connectivity index is 1.47. The molecule has 4 rings (SSSR count). The van der Waals surface area contributed by atoms with Gasteiger partial charge in [0.15, 0.2) is 0 Å². The first kappa shape index (κ1) is 16.3. The minimum atomic E-state index is -0.453. The summed E-state index contributed by atoms with van der Waals surface area (Å²) < 4.78 is 21.4.